The van der Waals surface area contributed by atoms with Crippen molar-refractivity contribution in [3.63, 3.8) is 0 Å². The first kappa shape index (κ1) is 13.9. The average Bonchev–Trinajstić information content (AvgIpc) is 2.11. The summed E-state index contributed by atoms with van der Waals surface area (Å²) in [6, 6.07) is 0. The van der Waals surface area contributed by atoms with Crippen LogP contribution in [0.25, 0.3) is 0 Å². The standard InChI is InChI=1S/C10H21N3O2/c1-4-12-9(15)7-13-8(14)5-6-10(2,3)11/h4-7,11H2,1-3H3,(H,12,15)(H,13,14). The number of amides is 2. The highest BCUT2D eigenvalue weighted by Crippen LogP contribution is 2.06. The van der Waals surface area contributed by atoms with Crippen LogP contribution in [-0.4, -0.2) is 30.4 Å². The highest BCUT2D eigenvalue weighted by atomic mass is 16.2. The van der Waals surface area contributed by atoms with Gasteiger partial charge in [0.2, 0.25) is 11.8 Å². The highest BCUT2D eigenvalue weighted by molar-refractivity contribution is 5.84. The maximum Gasteiger partial charge on any atom is 0.239 e. The van der Waals surface area contributed by atoms with Gasteiger partial charge in [-0.05, 0) is 27.2 Å². The zero-order valence-electron chi connectivity index (χ0n) is 9.72. The molecule has 0 radical (unpaired) electrons. The third-order valence-corrected chi connectivity index (χ3v) is 1.82. The first-order chi connectivity index (χ1) is 6.85. The van der Waals surface area contributed by atoms with Gasteiger partial charge in [-0.2, -0.15) is 0 Å². The van der Waals surface area contributed by atoms with Gasteiger partial charge in [-0.25, -0.2) is 0 Å². The Bertz CT molecular complexity index is 221. The minimum absolute atomic E-state index is 0.0394. The van der Waals surface area contributed by atoms with E-state index in [0.29, 0.717) is 19.4 Å². The SMILES string of the molecule is CCNC(=O)CNC(=O)CCC(C)(C)N. The molecule has 5 heteroatoms. The summed E-state index contributed by atoms with van der Waals surface area (Å²) in [5.41, 5.74) is 5.38. The minimum Gasteiger partial charge on any atom is -0.355 e. The monoisotopic (exact) mass is 215 g/mol. The van der Waals surface area contributed by atoms with Crippen LogP contribution in [0.2, 0.25) is 0 Å². The molecule has 4 N–H and O–H groups in total. The van der Waals surface area contributed by atoms with Crippen LogP contribution >= 0.6 is 0 Å². The van der Waals surface area contributed by atoms with Crippen molar-refractivity contribution in [2.24, 2.45) is 5.73 Å². The number of likely N-dealkylation sites (N-methyl/N-ethyl adjacent to an activating group) is 1. The molecule has 0 bridgehead atoms. The molecule has 2 amide bonds. The predicted octanol–water partition coefficient (Wildman–Crippen LogP) is -0.244. The summed E-state index contributed by atoms with van der Waals surface area (Å²) in [6.45, 7) is 6.17. The third-order valence-electron chi connectivity index (χ3n) is 1.82. The van der Waals surface area contributed by atoms with Crippen molar-refractivity contribution in [1.82, 2.24) is 10.6 Å². The molecule has 0 aromatic rings. The van der Waals surface area contributed by atoms with E-state index in [4.69, 9.17) is 5.73 Å². The van der Waals surface area contributed by atoms with Gasteiger partial charge in [0.1, 0.15) is 0 Å². The minimum atomic E-state index is -0.344. The fraction of sp³-hybridized carbons (Fsp3) is 0.800. The molecule has 5 nitrogen and oxygen atoms in total. The first-order valence-corrected chi connectivity index (χ1v) is 5.17. The van der Waals surface area contributed by atoms with E-state index in [0.717, 1.165) is 0 Å². The van der Waals surface area contributed by atoms with E-state index < -0.39 is 0 Å². The third kappa shape index (κ3) is 9.21. The molecule has 15 heavy (non-hydrogen) atoms. The van der Waals surface area contributed by atoms with E-state index in [1.54, 1.807) is 0 Å². The van der Waals surface area contributed by atoms with Crippen molar-refractivity contribution < 1.29 is 9.59 Å². The molecule has 0 aromatic carbocycles. The first-order valence-electron chi connectivity index (χ1n) is 5.17. The Morgan fingerprint density at radius 2 is 1.80 bits per heavy atom. The lowest BCUT2D eigenvalue weighted by Gasteiger charge is -2.17. The molecule has 0 rings (SSSR count). The highest BCUT2D eigenvalue weighted by Gasteiger charge is 2.13. The number of rotatable bonds is 6. The van der Waals surface area contributed by atoms with Gasteiger partial charge < -0.3 is 16.4 Å². The van der Waals surface area contributed by atoms with E-state index >= 15 is 0 Å². The largest absolute Gasteiger partial charge is 0.355 e. The number of hydrogen-bond acceptors (Lipinski definition) is 3. The van der Waals surface area contributed by atoms with Crippen LogP contribution in [0.4, 0.5) is 0 Å². The maximum atomic E-state index is 11.3. The molecule has 0 saturated carbocycles. The molecule has 0 unspecified atom stereocenters. The number of carbonyl (C=O) groups excluding carboxylic acids is 2. The van der Waals surface area contributed by atoms with E-state index in [1.165, 1.54) is 0 Å². The molecule has 0 heterocycles. The fourth-order valence-corrected chi connectivity index (χ4v) is 0.963. The fourth-order valence-electron chi connectivity index (χ4n) is 0.963. The van der Waals surface area contributed by atoms with Gasteiger partial charge in [-0.15, -0.1) is 0 Å². The van der Waals surface area contributed by atoms with Gasteiger partial charge in [0.15, 0.2) is 0 Å². The molecule has 0 aromatic heterocycles. The molecular weight excluding hydrogens is 194 g/mol. The predicted molar refractivity (Wildman–Crippen MR) is 59.2 cm³/mol. The molecule has 0 saturated heterocycles. The summed E-state index contributed by atoms with van der Waals surface area (Å²) < 4.78 is 0. The van der Waals surface area contributed by atoms with Crippen molar-refractivity contribution >= 4 is 11.8 Å². The van der Waals surface area contributed by atoms with Crippen molar-refractivity contribution in [3.05, 3.63) is 0 Å². The van der Waals surface area contributed by atoms with Crippen LogP contribution in [0, 0.1) is 0 Å². The van der Waals surface area contributed by atoms with E-state index in [1.807, 2.05) is 20.8 Å². The van der Waals surface area contributed by atoms with Gasteiger partial charge in [0.25, 0.3) is 0 Å². The van der Waals surface area contributed by atoms with Gasteiger partial charge in [-0.3, -0.25) is 9.59 Å². The Morgan fingerprint density at radius 1 is 1.20 bits per heavy atom. The lowest BCUT2D eigenvalue weighted by Crippen LogP contribution is -2.38. The lowest BCUT2D eigenvalue weighted by atomic mass is 10.00. The Hall–Kier alpha value is -1.10. The van der Waals surface area contributed by atoms with Gasteiger partial charge in [0.05, 0.1) is 6.54 Å². The summed E-state index contributed by atoms with van der Waals surface area (Å²) in [5.74, 6) is -0.308. The van der Waals surface area contributed by atoms with Gasteiger partial charge in [-0.1, -0.05) is 0 Å². The van der Waals surface area contributed by atoms with Crippen LogP contribution in [0.3, 0.4) is 0 Å². The molecule has 0 fully saturated rings. The number of hydrogen-bond donors (Lipinski definition) is 3. The molecule has 0 aliphatic carbocycles. The summed E-state index contributed by atoms with van der Waals surface area (Å²) >= 11 is 0. The van der Waals surface area contributed by atoms with Crippen molar-refractivity contribution in [1.29, 1.82) is 0 Å². The normalized spacial score (nSPS) is 10.9. The molecule has 88 valence electrons. The van der Waals surface area contributed by atoms with Crippen LogP contribution in [0.5, 0.6) is 0 Å². The summed E-state index contributed by atoms with van der Waals surface area (Å²) in [5, 5.41) is 5.13. The topological polar surface area (TPSA) is 84.2 Å². The molecule has 0 aliphatic rings. The van der Waals surface area contributed by atoms with Crippen LogP contribution in [0.15, 0.2) is 0 Å². The zero-order valence-corrected chi connectivity index (χ0v) is 9.72. The quantitative estimate of drug-likeness (QED) is 0.571. The molecule has 0 spiro atoms. The summed E-state index contributed by atoms with van der Waals surface area (Å²) in [7, 11) is 0. The van der Waals surface area contributed by atoms with Crippen LogP contribution in [0.1, 0.15) is 33.6 Å². The number of nitrogens with two attached hydrogens (primary N) is 1. The Kier molecular flexibility index (Phi) is 5.93. The molecule has 0 atom stereocenters. The van der Waals surface area contributed by atoms with Gasteiger partial charge >= 0.3 is 0 Å². The summed E-state index contributed by atoms with van der Waals surface area (Å²) in [4.78, 5) is 22.2. The second-order valence-corrected chi connectivity index (χ2v) is 4.22. The molecule has 0 aliphatic heterocycles. The van der Waals surface area contributed by atoms with Crippen LogP contribution in [-0.2, 0) is 9.59 Å². The summed E-state index contributed by atoms with van der Waals surface area (Å²) in [6.07, 6.45) is 0.955. The second kappa shape index (κ2) is 6.40. The van der Waals surface area contributed by atoms with Crippen LogP contribution < -0.4 is 16.4 Å². The van der Waals surface area contributed by atoms with E-state index in [-0.39, 0.29) is 23.9 Å². The average molecular weight is 215 g/mol. The smallest absolute Gasteiger partial charge is 0.239 e. The second-order valence-electron chi connectivity index (χ2n) is 4.22. The number of carbonyl (C=O) groups is 2. The van der Waals surface area contributed by atoms with Crippen molar-refractivity contribution in [2.75, 3.05) is 13.1 Å². The van der Waals surface area contributed by atoms with E-state index in [2.05, 4.69) is 10.6 Å². The van der Waals surface area contributed by atoms with Crippen molar-refractivity contribution in [3.8, 4) is 0 Å². The Morgan fingerprint density at radius 3 is 2.27 bits per heavy atom. The lowest BCUT2D eigenvalue weighted by molar-refractivity contribution is -0.126. The Labute approximate surface area is 90.8 Å². The maximum absolute atomic E-state index is 11.3. The number of nitrogens with one attached hydrogen (secondary N) is 2. The van der Waals surface area contributed by atoms with Gasteiger partial charge in [0, 0.05) is 18.5 Å². The van der Waals surface area contributed by atoms with E-state index in [9.17, 15) is 9.59 Å². The zero-order chi connectivity index (χ0) is 11.9. The van der Waals surface area contributed by atoms with Crippen molar-refractivity contribution in [2.45, 2.75) is 39.2 Å². The Balaban J connectivity index is 3.62. The molecular formula is C10H21N3O2.